The van der Waals surface area contributed by atoms with E-state index < -0.39 is 41.3 Å². The summed E-state index contributed by atoms with van der Waals surface area (Å²) in [6, 6.07) is 0. The van der Waals surface area contributed by atoms with E-state index in [9.17, 15) is 19.5 Å². The molecule has 1 spiro atoms. The lowest BCUT2D eigenvalue weighted by Crippen LogP contribution is -2.61. The average molecular weight is 338 g/mol. The maximum absolute atomic E-state index is 12.7. The minimum absolute atomic E-state index is 0.153. The second-order valence-electron chi connectivity index (χ2n) is 7.14. The number of Topliss-reactive ketones (excluding diaryl/α,β-unsaturated/α-hetero) is 1. The van der Waals surface area contributed by atoms with E-state index in [-0.39, 0.29) is 24.7 Å². The maximum atomic E-state index is 12.7. The van der Waals surface area contributed by atoms with E-state index in [1.54, 1.807) is 13.0 Å². The third-order valence-electron chi connectivity index (χ3n) is 5.60. The van der Waals surface area contributed by atoms with Gasteiger partial charge in [0.2, 0.25) is 0 Å². The van der Waals surface area contributed by atoms with Crippen LogP contribution in [-0.2, 0) is 28.6 Å². The standard InChI is InChI=1S/C17H22O7/c1-8-5-6-17(14(12(8)19)23-10(3)18)11-9(2)7-22-15(20)13(11)24-16(17,4)21/h5,9,11,13-14,21H,6-7H2,1-4H3/t9?,11?,13?,14?,16-,17+/m1/s1. The molecule has 0 radical (unpaired) electrons. The summed E-state index contributed by atoms with van der Waals surface area (Å²) in [4.78, 5) is 36.5. The lowest BCUT2D eigenvalue weighted by atomic mass is 9.57. The van der Waals surface area contributed by atoms with Crippen molar-refractivity contribution >= 4 is 17.7 Å². The molecule has 0 saturated carbocycles. The van der Waals surface area contributed by atoms with Crippen molar-refractivity contribution in [3.63, 3.8) is 0 Å². The summed E-state index contributed by atoms with van der Waals surface area (Å²) < 4.78 is 16.1. The first-order valence-corrected chi connectivity index (χ1v) is 8.07. The molecular weight excluding hydrogens is 316 g/mol. The van der Waals surface area contributed by atoms with E-state index in [0.717, 1.165) is 0 Å². The second-order valence-corrected chi connectivity index (χ2v) is 7.14. The molecule has 2 saturated heterocycles. The molecule has 3 aliphatic rings. The van der Waals surface area contributed by atoms with Crippen LogP contribution < -0.4 is 0 Å². The number of fused-ring (bicyclic) bond motifs is 2. The van der Waals surface area contributed by atoms with Crippen LogP contribution in [0.25, 0.3) is 0 Å². The summed E-state index contributed by atoms with van der Waals surface area (Å²) in [5.41, 5.74) is -0.754. The van der Waals surface area contributed by atoms with Crippen LogP contribution in [0.15, 0.2) is 11.6 Å². The van der Waals surface area contributed by atoms with Crippen molar-refractivity contribution < 1.29 is 33.7 Å². The predicted octanol–water partition coefficient (Wildman–Crippen LogP) is 0.740. The zero-order chi connectivity index (χ0) is 17.9. The molecule has 1 aliphatic carbocycles. The average Bonchev–Trinajstić information content (AvgIpc) is 2.73. The molecule has 0 aromatic carbocycles. The zero-order valence-corrected chi connectivity index (χ0v) is 14.2. The number of cyclic esters (lactones) is 1. The van der Waals surface area contributed by atoms with Crippen LogP contribution in [0, 0.1) is 17.3 Å². The number of carbonyl (C=O) groups excluding carboxylic acids is 3. The van der Waals surface area contributed by atoms with Crippen LogP contribution in [0.5, 0.6) is 0 Å². The summed E-state index contributed by atoms with van der Waals surface area (Å²) >= 11 is 0. The molecule has 7 nitrogen and oxygen atoms in total. The molecule has 0 amide bonds. The van der Waals surface area contributed by atoms with E-state index in [2.05, 4.69) is 0 Å². The van der Waals surface area contributed by atoms with Crippen LogP contribution in [-0.4, -0.2) is 47.4 Å². The zero-order valence-electron chi connectivity index (χ0n) is 14.2. The van der Waals surface area contributed by atoms with Crippen molar-refractivity contribution in [2.24, 2.45) is 17.3 Å². The maximum Gasteiger partial charge on any atom is 0.335 e. The summed E-state index contributed by atoms with van der Waals surface area (Å²) in [5, 5.41) is 11.0. The fourth-order valence-electron chi connectivity index (χ4n) is 4.45. The third-order valence-corrected chi connectivity index (χ3v) is 5.60. The normalized spacial score (nSPS) is 44.8. The van der Waals surface area contributed by atoms with Gasteiger partial charge >= 0.3 is 11.9 Å². The van der Waals surface area contributed by atoms with Gasteiger partial charge < -0.3 is 19.3 Å². The molecule has 0 bridgehead atoms. The Morgan fingerprint density at radius 3 is 2.71 bits per heavy atom. The Morgan fingerprint density at radius 2 is 2.08 bits per heavy atom. The number of ether oxygens (including phenoxy) is 3. The molecule has 4 unspecified atom stereocenters. The fraction of sp³-hybridized carbons (Fsp3) is 0.706. The molecule has 132 valence electrons. The van der Waals surface area contributed by atoms with Crippen molar-refractivity contribution in [3.05, 3.63) is 11.6 Å². The summed E-state index contributed by atoms with van der Waals surface area (Å²) in [7, 11) is 0. The number of hydrogen-bond donors (Lipinski definition) is 1. The Bertz CT molecular complexity index is 635. The quantitative estimate of drug-likeness (QED) is 0.704. The first-order valence-electron chi connectivity index (χ1n) is 8.07. The SMILES string of the molecule is CC(=O)OC1C(=O)C(C)=CC[C@]12C1C(C)COC(=O)C1O[C@@]2(C)O. The van der Waals surface area contributed by atoms with Gasteiger partial charge in [-0.25, -0.2) is 4.79 Å². The van der Waals surface area contributed by atoms with Crippen molar-refractivity contribution in [1.82, 2.24) is 0 Å². The smallest absolute Gasteiger partial charge is 0.335 e. The van der Waals surface area contributed by atoms with Gasteiger partial charge in [0.05, 0.1) is 12.0 Å². The Balaban J connectivity index is 2.17. The van der Waals surface area contributed by atoms with Gasteiger partial charge in [-0.3, -0.25) is 9.59 Å². The Kier molecular flexibility index (Phi) is 3.84. The molecule has 2 aliphatic heterocycles. The summed E-state index contributed by atoms with van der Waals surface area (Å²) in [5.74, 6) is -4.01. The highest BCUT2D eigenvalue weighted by Crippen LogP contribution is 2.60. The molecule has 3 rings (SSSR count). The van der Waals surface area contributed by atoms with Gasteiger partial charge in [0.1, 0.15) is 0 Å². The lowest BCUT2D eigenvalue weighted by Gasteiger charge is -2.49. The molecule has 0 aromatic heterocycles. The molecule has 2 heterocycles. The molecule has 6 atom stereocenters. The number of allylic oxidation sites excluding steroid dienone is 1. The van der Waals surface area contributed by atoms with E-state index >= 15 is 0 Å². The van der Waals surface area contributed by atoms with Gasteiger partial charge in [0.15, 0.2) is 23.8 Å². The topological polar surface area (TPSA) is 99.1 Å². The lowest BCUT2D eigenvalue weighted by molar-refractivity contribution is -0.250. The van der Waals surface area contributed by atoms with Crippen molar-refractivity contribution in [3.8, 4) is 0 Å². The number of carbonyl (C=O) groups is 3. The largest absolute Gasteiger partial charge is 0.463 e. The minimum atomic E-state index is -1.81. The summed E-state index contributed by atoms with van der Waals surface area (Å²) in [6.07, 6.45) is -0.191. The molecule has 1 N–H and O–H groups in total. The van der Waals surface area contributed by atoms with Gasteiger partial charge in [-0.1, -0.05) is 13.0 Å². The second kappa shape index (κ2) is 5.39. The predicted molar refractivity (Wildman–Crippen MR) is 80.5 cm³/mol. The monoisotopic (exact) mass is 338 g/mol. The molecule has 24 heavy (non-hydrogen) atoms. The number of ketones is 1. The minimum Gasteiger partial charge on any atom is -0.463 e. The van der Waals surface area contributed by atoms with Crippen LogP contribution in [0.4, 0.5) is 0 Å². The van der Waals surface area contributed by atoms with Gasteiger partial charge in [0.25, 0.3) is 0 Å². The molecule has 7 heteroatoms. The van der Waals surface area contributed by atoms with Crippen LogP contribution in [0.1, 0.15) is 34.1 Å². The summed E-state index contributed by atoms with van der Waals surface area (Å²) in [6.45, 7) is 6.33. The number of aliphatic hydroxyl groups is 1. The molecule has 0 aromatic rings. The third kappa shape index (κ3) is 2.14. The first kappa shape index (κ1) is 17.1. The first-order chi connectivity index (χ1) is 11.1. The van der Waals surface area contributed by atoms with Gasteiger partial charge in [-0.2, -0.15) is 0 Å². The highest BCUT2D eigenvalue weighted by molar-refractivity contribution is 6.01. The van der Waals surface area contributed by atoms with E-state index in [1.165, 1.54) is 13.8 Å². The van der Waals surface area contributed by atoms with Crippen LogP contribution >= 0.6 is 0 Å². The Hall–Kier alpha value is -1.73. The highest BCUT2D eigenvalue weighted by Gasteiger charge is 2.72. The fourth-order valence-corrected chi connectivity index (χ4v) is 4.45. The van der Waals surface area contributed by atoms with E-state index in [4.69, 9.17) is 14.2 Å². The Morgan fingerprint density at radius 1 is 1.42 bits per heavy atom. The molecule has 2 fully saturated rings. The van der Waals surface area contributed by atoms with Gasteiger partial charge in [0, 0.05) is 12.8 Å². The number of esters is 2. The van der Waals surface area contributed by atoms with E-state index in [0.29, 0.717) is 5.57 Å². The van der Waals surface area contributed by atoms with Gasteiger partial charge in [-0.05, 0) is 31.8 Å². The Labute approximate surface area is 139 Å². The van der Waals surface area contributed by atoms with Crippen molar-refractivity contribution in [2.45, 2.75) is 52.1 Å². The van der Waals surface area contributed by atoms with Crippen molar-refractivity contribution in [1.29, 1.82) is 0 Å². The van der Waals surface area contributed by atoms with Gasteiger partial charge in [-0.15, -0.1) is 0 Å². The number of hydrogen-bond acceptors (Lipinski definition) is 7. The molecular formula is C17H22O7. The number of rotatable bonds is 1. The van der Waals surface area contributed by atoms with E-state index in [1.807, 2.05) is 6.92 Å². The van der Waals surface area contributed by atoms with Crippen LogP contribution in [0.2, 0.25) is 0 Å². The highest BCUT2D eigenvalue weighted by atomic mass is 16.7. The van der Waals surface area contributed by atoms with Crippen molar-refractivity contribution in [2.75, 3.05) is 6.61 Å². The van der Waals surface area contributed by atoms with Crippen LogP contribution in [0.3, 0.4) is 0 Å².